The summed E-state index contributed by atoms with van der Waals surface area (Å²) in [6, 6.07) is 4.62. The fraction of sp³-hybridized carbons (Fsp3) is 0.737. The van der Waals surface area contributed by atoms with Crippen LogP contribution in [0.2, 0.25) is 0 Å². The van der Waals surface area contributed by atoms with Crippen molar-refractivity contribution in [2.45, 2.75) is 52.0 Å². The zero-order valence-corrected chi connectivity index (χ0v) is 15.6. The highest BCUT2D eigenvalue weighted by molar-refractivity contribution is 5.79. The number of furan rings is 1. The first-order chi connectivity index (χ1) is 11.7. The van der Waals surface area contributed by atoms with E-state index in [1.165, 1.54) is 25.8 Å². The van der Waals surface area contributed by atoms with Gasteiger partial charge in [-0.05, 0) is 44.5 Å². The molecule has 5 nitrogen and oxygen atoms in total. The van der Waals surface area contributed by atoms with Crippen molar-refractivity contribution in [1.29, 1.82) is 0 Å². The van der Waals surface area contributed by atoms with Crippen LogP contribution in [-0.2, 0) is 6.42 Å². The molecule has 2 heterocycles. The summed E-state index contributed by atoms with van der Waals surface area (Å²) in [6.45, 7) is 9.65. The lowest BCUT2D eigenvalue weighted by atomic mass is 10.2. The lowest BCUT2D eigenvalue weighted by Gasteiger charge is -2.30. The number of likely N-dealkylation sites (tertiary alicyclic amines) is 1. The van der Waals surface area contributed by atoms with Crippen molar-refractivity contribution >= 4 is 5.96 Å². The largest absolute Gasteiger partial charge is 0.469 e. The molecule has 5 heteroatoms. The SMILES string of the molecule is CCCCN=C(NCCc1ccco1)N(C)CC1CCCN1CC. The van der Waals surface area contributed by atoms with Gasteiger partial charge in [0.15, 0.2) is 5.96 Å². The molecule has 1 unspecified atom stereocenters. The lowest BCUT2D eigenvalue weighted by Crippen LogP contribution is -2.46. The third kappa shape index (κ3) is 5.86. The molecule has 0 aliphatic carbocycles. The van der Waals surface area contributed by atoms with E-state index in [2.05, 4.69) is 36.0 Å². The molecule has 1 fully saturated rings. The topological polar surface area (TPSA) is 44.0 Å². The predicted molar refractivity (Wildman–Crippen MR) is 101 cm³/mol. The van der Waals surface area contributed by atoms with Crippen LogP contribution in [0.25, 0.3) is 0 Å². The molecular weight excluding hydrogens is 300 g/mol. The van der Waals surface area contributed by atoms with E-state index in [1.807, 2.05) is 12.1 Å². The fourth-order valence-electron chi connectivity index (χ4n) is 3.33. The summed E-state index contributed by atoms with van der Waals surface area (Å²) >= 11 is 0. The Bertz CT molecular complexity index is 472. The average molecular weight is 335 g/mol. The summed E-state index contributed by atoms with van der Waals surface area (Å²) in [7, 11) is 2.16. The lowest BCUT2D eigenvalue weighted by molar-refractivity contribution is 0.232. The van der Waals surface area contributed by atoms with Crippen molar-refractivity contribution in [1.82, 2.24) is 15.1 Å². The number of unbranched alkanes of at least 4 members (excludes halogenated alkanes) is 1. The molecule has 0 saturated carbocycles. The van der Waals surface area contributed by atoms with Crippen molar-refractivity contribution < 1.29 is 4.42 Å². The van der Waals surface area contributed by atoms with E-state index < -0.39 is 0 Å². The molecule has 1 aliphatic rings. The fourth-order valence-corrected chi connectivity index (χ4v) is 3.33. The Labute approximate surface area is 147 Å². The van der Waals surface area contributed by atoms with Gasteiger partial charge in [0.05, 0.1) is 6.26 Å². The molecule has 1 aliphatic heterocycles. The molecule has 1 atom stereocenters. The molecule has 0 bridgehead atoms. The standard InChI is InChI=1S/C19H34N4O/c1-4-6-12-20-19(21-13-11-18-10-8-15-24-18)22(3)16-17-9-7-14-23(17)5-2/h8,10,15,17H,4-7,9,11-14,16H2,1-3H3,(H,20,21). The maximum Gasteiger partial charge on any atom is 0.193 e. The maximum absolute atomic E-state index is 5.41. The molecule has 1 aromatic rings. The second-order valence-corrected chi connectivity index (χ2v) is 6.62. The van der Waals surface area contributed by atoms with Gasteiger partial charge in [0.1, 0.15) is 5.76 Å². The molecule has 0 aromatic carbocycles. The van der Waals surface area contributed by atoms with E-state index in [9.17, 15) is 0 Å². The van der Waals surface area contributed by atoms with Gasteiger partial charge in [-0.3, -0.25) is 9.89 Å². The Morgan fingerprint density at radius 1 is 1.46 bits per heavy atom. The second kappa shape index (κ2) is 10.4. The molecule has 1 saturated heterocycles. The Morgan fingerprint density at radius 2 is 2.33 bits per heavy atom. The third-order valence-corrected chi connectivity index (χ3v) is 4.76. The Hall–Kier alpha value is -1.49. The van der Waals surface area contributed by atoms with Crippen LogP contribution >= 0.6 is 0 Å². The number of guanidine groups is 1. The quantitative estimate of drug-likeness (QED) is 0.428. The molecule has 2 rings (SSSR count). The number of hydrogen-bond acceptors (Lipinski definition) is 3. The summed E-state index contributed by atoms with van der Waals surface area (Å²) in [5, 5.41) is 3.52. The summed E-state index contributed by atoms with van der Waals surface area (Å²) in [5.41, 5.74) is 0. The van der Waals surface area contributed by atoms with E-state index in [1.54, 1.807) is 6.26 Å². The van der Waals surface area contributed by atoms with E-state index in [-0.39, 0.29) is 0 Å². The number of nitrogens with zero attached hydrogens (tertiary/aromatic N) is 3. The van der Waals surface area contributed by atoms with E-state index in [0.717, 1.165) is 50.7 Å². The average Bonchev–Trinajstić information content (AvgIpc) is 3.25. The van der Waals surface area contributed by atoms with Gasteiger partial charge in [0.2, 0.25) is 0 Å². The first-order valence-electron chi connectivity index (χ1n) is 9.50. The first-order valence-corrected chi connectivity index (χ1v) is 9.50. The molecule has 0 spiro atoms. The summed E-state index contributed by atoms with van der Waals surface area (Å²) < 4.78 is 5.41. The molecule has 24 heavy (non-hydrogen) atoms. The van der Waals surface area contributed by atoms with Crippen LogP contribution in [0.5, 0.6) is 0 Å². The van der Waals surface area contributed by atoms with Crippen LogP contribution in [0.15, 0.2) is 27.8 Å². The predicted octanol–water partition coefficient (Wildman–Crippen LogP) is 2.98. The van der Waals surface area contributed by atoms with Crippen molar-refractivity contribution in [3.8, 4) is 0 Å². The van der Waals surface area contributed by atoms with Gasteiger partial charge >= 0.3 is 0 Å². The van der Waals surface area contributed by atoms with Gasteiger partial charge in [-0.25, -0.2) is 0 Å². The summed E-state index contributed by atoms with van der Waals surface area (Å²) in [4.78, 5) is 9.70. The third-order valence-electron chi connectivity index (χ3n) is 4.76. The molecule has 0 amide bonds. The number of aliphatic imine (C=N–C) groups is 1. The highest BCUT2D eigenvalue weighted by Gasteiger charge is 2.24. The highest BCUT2D eigenvalue weighted by Crippen LogP contribution is 2.17. The normalized spacial score (nSPS) is 19.0. The Balaban J connectivity index is 1.87. The molecule has 0 radical (unpaired) electrons. The number of rotatable bonds is 9. The van der Waals surface area contributed by atoms with Gasteiger partial charge in [-0.1, -0.05) is 20.3 Å². The number of likely N-dealkylation sites (N-methyl/N-ethyl adjacent to an activating group) is 2. The zero-order chi connectivity index (χ0) is 17.2. The van der Waals surface area contributed by atoms with Gasteiger partial charge in [-0.15, -0.1) is 0 Å². The van der Waals surface area contributed by atoms with Crippen LogP contribution in [0.1, 0.15) is 45.3 Å². The van der Waals surface area contributed by atoms with Gasteiger partial charge in [0.25, 0.3) is 0 Å². The first kappa shape index (κ1) is 18.8. The minimum atomic E-state index is 0.656. The van der Waals surface area contributed by atoms with E-state index >= 15 is 0 Å². The summed E-state index contributed by atoms with van der Waals surface area (Å²) in [6.07, 6.45) is 7.56. The Morgan fingerprint density at radius 3 is 3.04 bits per heavy atom. The van der Waals surface area contributed by atoms with Crippen molar-refractivity contribution in [3.63, 3.8) is 0 Å². The van der Waals surface area contributed by atoms with Crippen LogP contribution < -0.4 is 5.32 Å². The summed E-state index contributed by atoms with van der Waals surface area (Å²) in [5.74, 6) is 2.05. The highest BCUT2D eigenvalue weighted by atomic mass is 16.3. The van der Waals surface area contributed by atoms with Gasteiger partial charge < -0.3 is 14.6 Å². The second-order valence-electron chi connectivity index (χ2n) is 6.62. The van der Waals surface area contributed by atoms with Crippen LogP contribution in [0, 0.1) is 0 Å². The number of nitrogens with one attached hydrogen (secondary N) is 1. The van der Waals surface area contributed by atoms with E-state index in [4.69, 9.17) is 9.41 Å². The van der Waals surface area contributed by atoms with Crippen molar-refractivity contribution in [2.75, 3.05) is 39.8 Å². The molecular formula is C19H34N4O. The Kier molecular flexibility index (Phi) is 8.16. The number of hydrogen-bond donors (Lipinski definition) is 1. The van der Waals surface area contributed by atoms with Gasteiger partial charge in [-0.2, -0.15) is 0 Å². The van der Waals surface area contributed by atoms with E-state index in [0.29, 0.717) is 6.04 Å². The minimum absolute atomic E-state index is 0.656. The monoisotopic (exact) mass is 334 g/mol. The van der Waals surface area contributed by atoms with Crippen molar-refractivity contribution in [2.24, 2.45) is 4.99 Å². The molecule has 1 N–H and O–H groups in total. The van der Waals surface area contributed by atoms with Crippen LogP contribution in [0.3, 0.4) is 0 Å². The van der Waals surface area contributed by atoms with Gasteiger partial charge in [0, 0.05) is 39.1 Å². The molecule has 136 valence electrons. The maximum atomic E-state index is 5.41. The smallest absolute Gasteiger partial charge is 0.193 e. The minimum Gasteiger partial charge on any atom is -0.469 e. The van der Waals surface area contributed by atoms with Crippen LogP contribution in [0.4, 0.5) is 0 Å². The molecule has 1 aromatic heterocycles. The van der Waals surface area contributed by atoms with Crippen LogP contribution in [-0.4, -0.2) is 61.6 Å². The van der Waals surface area contributed by atoms with Crippen molar-refractivity contribution in [3.05, 3.63) is 24.2 Å². The zero-order valence-electron chi connectivity index (χ0n) is 15.6.